The third-order valence-electron chi connectivity index (χ3n) is 4.48. The quantitative estimate of drug-likeness (QED) is 0.834. The number of nitrogens with zero attached hydrogens (tertiary/aromatic N) is 3. The van der Waals surface area contributed by atoms with Crippen LogP contribution < -0.4 is 0 Å². The minimum Gasteiger partial charge on any atom is -0.330 e. The smallest absolute Gasteiger partial charge is 0.148 e. The van der Waals surface area contributed by atoms with Gasteiger partial charge in [-0.2, -0.15) is 0 Å². The first-order valence-corrected chi connectivity index (χ1v) is 9.53. The number of rotatable bonds is 4. The molecule has 0 bridgehead atoms. The molecular weight excluding hydrogens is 274 g/mol. The molecule has 0 aromatic carbocycles. The number of likely N-dealkylation sites (tertiary alicyclic amines) is 1. The highest BCUT2D eigenvalue weighted by molar-refractivity contribution is 7.90. The Labute approximate surface area is 120 Å². The van der Waals surface area contributed by atoms with Gasteiger partial charge in [0.2, 0.25) is 0 Å². The van der Waals surface area contributed by atoms with Crippen LogP contribution in [-0.4, -0.2) is 54.5 Å². The summed E-state index contributed by atoms with van der Waals surface area (Å²) in [4.78, 5) is 6.82. The van der Waals surface area contributed by atoms with Gasteiger partial charge < -0.3 is 9.47 Å². The molecular formula is C14H23N3O2S. The van der Waals surface area contributed by atoms with E-state index in [0.717, 1.165) is 32.4 Å². The maximum Gasteiger partial charge on any atom is 0.148 e. The zero-order valence-corrected chi connectivity index (χ0v) is 12.9. The van der Waals surface area contributed by atoms with E-state index in [-0.39, 0.29) is 5.75 Å². The number of imidazole rings is 1. The summed E-state index contributed by atoms with van der Waals surface area (Å²) in [6.07, 6.45) is 9.21. The van der Waals surface area contributed by atoms with Crippen LogP contribution in [0.2, 0.25) is 0 Å². The lowest BCUT2D eigenvalue weighted by Crippen LogP contribution is -2.27. The van der Waals surface area contributed by atoms with E-state index in [1.807, 2.05) is 6.33 Å². The van der Waals surface area contributed by atoms with Crippen LogP contribution in [0.5, 0.6) is 0 Å². The monoisotopic (exact) mass is 297 g/mol. The van der Waals surface area contributed by atoms with Crippen molar-refractivity contribution < 1.29 is 8.42 Å². The highest BCUT2D eigenvalue weighted by Crippen LogP contribution is 2.28. The lowest BCUT2D eigenvalue weighted by Gasteiger charge is -2.20. The van der Waals surface area contributed by atoms with E-state index in [1.54, 1.807) is 0 Å². The van der Waals surface area contributed by atoms with Gasteiger partial charge in [-0.15, -0.1) is 0 Å². The van der Waals surface area contributed by atoms with E-state index < -0.39 is 9.84 Å². The van der Waals surface area contributed by atoms with E-state index >= 15 is 0 Å². The first-order chi connectivity index (χ1) is 9.53. The third kappa shape index (κ3) is 3.06. The fourth-order valence-corrected chi connectivity index (χ4v) is 3.93. The van der Waals surface area contributed by atoms with Crippen molar-refractivity contribution in [1.29, 1.82) is 0 Å². The van der Waals surface area contributed by atoms with Gasteiger partial charge in [0, 0.05) is 37.6 Å². The number of aromatic nitrogens is 2. The number of aryl methyl sites for hydroxylation is 1. The molecule has 1 unspecified atom stereocenters. The number of fused-ring (bicyclic) bond motifs is 1. The average Bonchev–Trinajstić information content (AvgIpc) is 3.01. The normalized spacial score (nSPS) is 23.9. The molecule has 1 atom stereocenters. The van der Waals surface area contributed by atoms with Gasteiger partial charge in [0.25, 0.3) is 0 Å². The van der Waals surface area contributed by atoms with Crippen molar-refractivity contribution >= 4 is 9.84 Å². The van der Waals surface area contributed by atoms with E-state index in [1.165, 1.54) is 30.5 Å². The van der Waals surface area contributed by atoms with Crippen molar-refractivity contribution in [2.75, 3.05) is 31.6 Å². The van der Waals surface area contributed by atoms with Crippen LogP contribution in [0.1, 0.15) is 36.7 Å². The second-order valence-electron chi connectivity index (χ2n) is 6.13. The zero-order valence-electron chi connectivity index (χ0n) is 12.1. The highest BCUT2D eigenvalue weighted by Gasteiger charge is 2.27. The Morgan fingerprint density at radius 2 is 2.15 bits per heavy atom. The molecule has 1 aromatic heterocycles. The molecule has 112 valence electrons. The summed E-state index contributed by atoms with van der Waals surface area (Å²) in [6, 6.07) is 0.476. The summed E-state index contributed by atoms with van der Waals surface area (Å²) in [6.45, 7) is 2.61. The van der Waals surface area contributed by atoms with Crippen LogP contribution in [0, 0.1) is 0 Å². The molecule has 1 saturated heterocycles. The first-order valence-electron chi connectivity index (χ1n) is 7.47. The first kappa shape index (κ1) is 14.1. The highest BCUT2D eigenvalue weighted by atomic mass is 32.2. The van der Waals surface area contributed by atoms with E-state index in [0.29, 0.717) is 12.6 Å². The van der Waals surface area contributed by atoms with Gasteiger partial charge in [-0.1, -0.05) is 0 Å². The Bertz CT molecular complexity index is 579. The summed E-state index contributed by atoms with van der Waals surface area (Å²) in [5, 5.41) is 0. The molecule has 0 radical (unpaired) electrons. The minimum absolute atomic E-state index is 0.266. The Balaban J connectivity index is 1.64. The molecule has 0 spiro atoms. The summed E-state index contributed by atoms with van der Waals surface area (Å²) < 4.78 is 24.9. The minimum atomic E-state index is -2.86. The Morgan fingerprint density at radius 3 is 2.95 bits per heavy atom. The van der Waals surface area contributed by atoms with Crippen molar-refractivity contribution in [3.05, 3.63) is 17.7 Å². The molecule has 2 heterocycles. The summed E-state index contributed by atoms with van der Waals surface area (Å²) in [7, 11) is -2.86. The van der Waals surface area contributed by atoms with Gasteiger partial charge >= 0.3 is 0 Å². The Hall–Kier alpha value is -0.880. The summed E-state index contributed by atoms with van der Waals surface area (Å²) in [5.41, 5.74) is 2.71. The van der Waals surface area contributed by atoms with Gasteiger partial charge in [0.1, 0.15) is 9.84 Å². The molecule has 0 saturated carbocycles. The van der Waals surface area contributed by atoms with Crippen molar-refractivity contribution in [2.24, 2.45) is 0 Å². The van der Waals surface area contributed by atoms with E-state index in [9.17, 15) is 8.42 Å². The number of hydrogen-bond acceptors (Lipinski definition) is 4. The molecule has 0 N–H and O–H groups in total. The predicted molar refractivity (Wildman–Crippen MR) is 78.7 cm³/mol. The van der Waals surface area contributed by atoms with Gasteiger partial charge in [-0.05, 0) is 32.1 Å². The summed E-state index contributed by atoms with van der Waals surface area (Å²) >= 11 is 0. The van der Waals surface area contributed by atoms with Crippen LogP contribution in [0.15, 0.2) is 6.33 Å². The maximum atomic E-state index is 11.2. The van der Waals surface area contributed by atoms with Gasteiger partial charge in [-0.3, -0.25) is 0 Å². The number of sulfone groups is 1. The Morgan fingerprint density at radius 1 is 1.35 bits per heavy atom. The lowest BCUT2D eigenvalue weighted by molar-refractivity contribution is 0.340. The predicted octanol–water partition coefficient (Wildman–Crippen LogP) is 1.05. The Kier molecular flexibility index (Phi) is 3.86. The average molecular weight is 297 g/mol. The number of hydrogen-bond donors (Lipinski definition) is 0. The fraction of sp³-hybridized carbons (Fsp3) is 0.786. The van der Waals surface area contributed by atoms with Crippen LogP contribution in [0.3, 0.4) is 0 Å². The standard InChI is InChI=1S/C14H23N3O2S/c1-20(18,19)9-8-16-7-6-12(10-16)17-11-15-13-4-2-3-5-14(13)17/h11-12H,2-10H2,1H3. The molecule has 3 rings (SSSR count). The molecule has 2 aliphatic rings. The topological polar surface area (TPSA) is 55.2 Å². The zero-order chi connectivity index (χ0) is 14.2. The summed E-state index contributed by atoms with van der Waals surface area (Å²) in [5.74, 6) is 0.266. The van der Waals surface area contributed by atoms with Gasteiger partial charge in [0.05, 0.1) is 17.8 Å². The van der Waals surface area contributed by atoms with E-state index in [2.05, 4.69) is 14.5 Å². The maximum absolute atomic E-state index is 11.2. The van der Waals surface area contributed by atoms with Crippen molar-refractivity contribution in [2.45, 2.75) is 38.1 Å². The molecule has 1 fully saturated rings. The van der Waals surface area contributed by atoms with Crippen molar-refractivity contribution in [3.63, 3.8) is 0 Å². The second-order valence-corrected chi connectivity index (χ2v) is 8.39. The van der Waals surface area contributed by atoms with Crippen LogP contribution in [-0.2, 0) is 22.7 Å². The molecule has 0 amide bonds. The molecule has 1 aliphatic carbocycles. The largest absolute Gasteiger partial charge is 0.330 e. The van der Waals surface area contributed by atoms with Crippen LogP contribution in [0.25, 0.3) is 0 Å². The molecule has 5 nitrogen and oxygen atoms in total. The second kappa shape index (κ2) is 5.48. The third-order valence-corrected chi connectivity index (χ3v) is 5.40. The SMILES string of the molecule is CS(=O)(=O)CCN1CCC(n2cnc3c2CCCC3)C1. The van der Waals surface area contributed by atoms with Crippen LogP contribution >= 0.6 is 0 Å². The van der Waals surface area contributed by atoms with Gasteiger partial charge in [0.15, 0.2) is 0 Å². The van der Waals surface area contributed by atoms with Gasteiger partial charge in [-0.25, -0.2) is 13.4 Å². The van der Waals surface area contributed by atoms with Crippen molar-refractivity contribution in [3.8, 4) is 0 Å². The molecule has 1 aromatic rings. The van der Waals surface area contributed by atoms with Crippen LogP contribution in [0.4, 0.5) is 0 Å². The molecule has 20 heavy (non-hydrogen) atoms. The molecule has 1 aliphatic heterocycles. The lowest BCUT2D eigenvalue weighted by atomic mass is 10.0. The molecule has 6 heteroatoms. The van der Waals surface area contributed by atoms with E-state index in [4.69, 9.17) is 0 Å². The fourth-order valence-electron chi connectivity index (χ4n) is 3.34. The van der Waals surface area contributed by atoms with Crippen molar-refractivity contribution in [1.82, 2.24) is 14.5 Å².